The fourth-order valence-electron chi connectivity index (χ4n) is 2.58. The van der Waals surface area contributed by atoms with Crippen LogP contribution in [0.4, 0.5) is 11.6 Å². The molecule has 38 heavy (non-hydrogen) atoms. The van der Waals surface area contributed by atoms with Crippen molar-refractivity contribution >= 4 is 45.8 Å². The number of aromatic amines is 2. The average Bonchev–Trinajstić information content (AvgIpc) is 3.62. The Kier molecular flexibility index (Phi) is 9.18. The monoisotopic (exact) mass is 514 g/mol. The predicted octanol–water partition coefficient (Wildman–Crippen LogP) is 0.231. The standard InChI is InChI=1S/2C6H6N2O.2C5H5N5/c2*7-6(9)5-2-1-3-8-4-5;2*6-4-3-5(9-1-7-3)10-2-8-4/h2*1-4H,(H2,7,9);2*1-2H,(H3,6,7,8,9,10). The number of primary amides is 2. The number of hydrogen-bond donors (Lipinski definition) is 6. The molecular weight excluding hydrogens is 492 g/mol. The van der Waals surface area contributed by atoms with Crippen LogP contribution in [0.25, 0.3) is 22.3 Å². The number of imidazole rings is 2. The van der Waals surface area contributed by atoms with Crippen molar-refractivity contribution in [1.82, 2.24) is 49.8 Å². The van der Waals surface area contributed by atoms with Crippen LogP contribution >= 0.6 is 0 Å². The second-order valence-corrected chi connectivity index (χ2v) is 6.93. The lowest BCUT2D eigenvalue weighted by atomic mass is 10.3. The molecule has 0 fully saturated rings. The predicted molar refractivity (Wildman–Crippen MR) is 138 cm³/mol. The highest BCUT2D eigenvalue weighted by atomic mass is 16.1. The quantitative estimate of drug-likeness (QED) is 0.181. The Balaban J connectivity index is 0.000000141. The Morgan fingerprint density at radius 1 is 0.632 bits per heavy atom. The normalized spacial score (nSPS) is 9.68. The van der Waals surface area contributed by atoms with Gasteiger partial charge in [-0.1, -0.05) is 0 Å². The third-order valence-corrected chi connectivity index (χ3v) is 4.40. The van der Waals surface area contributed by atoms with Gasteiger partial charge in [0.05, 0.1) is 23.8 Å². The Hall–Kier alpha value is -6.06. The Bertz CT molecular complexity index is 1480. The van der Waals surface area contributed by atoms with Gasteiger partial charge in [-0.15, -0.1) is 0 Å². The second-order valence-electron chi connectivity index (χ2n) is 6.93. The second kappa shape index (κ2) is 13.1. The van der Waals surface area contributed by atoms with Crippen molar-refractivity contribution in [3.05, 3.63) is 85.5 Å². The van der Waals surface area contributed by atoms with Crippen LogP contribution in [-0.4, -0.2) is 61.7 Å². The first-order valence-electron chi connectivity index (χ1n) is 10.6. The molecule has 16 heteroatoms. The van der Waals surface area contributed by atoms with Gasteiger partial charge in [-0.05, 0) is 24.3 Å². The highest BCUT2D eigenvalue weighted by molar-refractivity contribution is 5.92. The van der Waals surface area contributed by atoms with Gasteiger partial charge < -0.3 is 32.9 Å². The number of anilines is 2. The number of rotatable bonds is 2. The molecule has 192 valence electrons. The number of fused-ring (bicyclic) bond motifs is 2. The SMILES string of the molecule is NC(=O)c1cccnc1.NC(=O)c1cccnc1.Nc1ncnc2nc[nH]c12.Nc1ncnc2nc[nH]c12. The zero-order valence-corrected chi connectivity index (χ0v) is 19.6. The summed E-state index contributed by atoms with van der Waals surface area (Å²) in [7, 11) is 0. The Labute approximate surface area is 214 Å². The van der Waals surface area contributed by atoms with Gasteiger partial charge in [-0.2, -0.15) is 0 Å². The third-order valence-electron chi connectivity index (χ3n) is 4.40. The smallest absolute Gasteiger partial charge is 0.250 e. The lowest BCUT2D eigenvalue weighted by molar-refractivity contribution is 0.0991. The number of nitrogen functional groups attached to an aromatic ring is 2. The summed E-state index contributed by atoms with van der Waals surface area (Å²) in [5.74, 6) is -0.0174. The number of amides is 2. The largest absolute Gasteiger partial charge is 0.382 e. The highest BCUT2D eigenvalue weighted by Crippen LogP contribution is 2.10. The molecule has 0 aliphatic carbocycles. The van der Waals surface area contributed by atoms with E-state index < -0.39 is 11.8 Å². The lowest BCUT2D eigenvalue weighted by Crippen LogP contribution is -2.10. The van der Waals surface area contributed by atoms with Crippen LogP contribution in [0.3, 0.4) is 0 Å². The van der Waals surface area contributed by atoms with Gasteiger partial charge in [0.25, 0.3) is 0 Å². The van der Waals surface area contributed by atoms with E-state index >= 15 is 0 Å². The van der Waals surface area contributed by atoms with Crippen molar-refractivity contribution in [2.45, 2.75) is 0 Å². The molecule has 0 aliphatic heterocycles. The molecule has 0 spiro atoms. The summed E-state index contributed by atoms with van der Waals surface area (Å²) in [6, 6.07) is 6.57. The van der Waals surface area contributed by atoms with Crippen molar-refractivity contribution in [1.29, 1.82) is 0 Å². The van der Waals surface area contributed by atoms with E-state index in [4.69, 9.17) is 22.9 Å². The summed E-state index contributed by atoms with van der Waals surface area (Å²) in [4.78, 5) is 56.9. The van der Waals surface area contributed by atoms with E-state index in [1.807, 2.05) is 0 Å². The Morgan fingerprint density at radius 2 is 1.05 bits per heavy atom. The molecule has 6 aromatic rings. The van der Waals surface area contributed by atoms with Crippen LogP contribution in [0.5, 0.6) is 0 Å². The number of nitrogens with zero attached hydrogens (tertiary/aromatic N) is 8. The van der Waals surface area contributed by atoms with E-state index in [9.17, 15) is 9.59 Å². The van der Waals surface area contributed by atoms with Crippen molar-refractivity contribution in [2.75, 3.05) is 11.5 Å². The molecule has 0 saturated heterocycles. The number of carbonyl (C=O) groups excluding carboxylic acids is 2. The van der Waals surface area contributed by atoms with Crippen LogP contribution in [0.2, 0.25) is 0 Å². The highest BCUT2D eigenvalue weighted by Gasteiger charge is 2.00. The summed E-state index contributed by atoms with van der Waals surface area (Å²) in [5, 5.41) is 0. The van der Waals surface area contributed by atoms with Gasteiger partial charge in [-0.3, -0.25) is 19.6 Å². The van der Waals surface area contributed by atoms with Crippen molar-refractivity contribution in [3.63, 3.8) is 0 Å². The molecular formula is C22H22N14O2. The first kappa shape index (κ1) is 26.5. The molecule has 0 aromatic carbocycles. The summed E-state index contributed by atoms with van der Waals surface area (Å²) in [6.07, 6.45) is 11.9. The maximum atomic E-state index is 10.4. The number of hydrogen-bond acceptors (Lipinski definition) is 12. The van der Waals surface area contributed by atoms with E-state index in [0.717, 1.165) is 0 Å². The zero-order chi connectivity index (χ0) is 27.3. The summed E-state index contributed by atoms with van der Waals surface area (Å²) < 4.78 is 0. The maximum absolute atomic E-state index is 10.4. The van der Waals surface area contributed by atoms with E-state index in [2.05, 4.69) is 49.8 Å². The van der Waals surface area contributed by atoms with Crippen LogP contribution in [0, 0.1) is 0 Å². The molecule has 6 aromatic heterocycles. The summed E-state index contributed by atoms with van der Waals surface area (Å²) in [5.41, 5.74) is 24.3. The van der Waals surface area contributed by atoms with Crippen LogP contribution in [0.1, 0.15) is 20.7 Å². The van der Waals surface area contributed by atoms with Gasteiger partial charge >= 0.3 is 0 Å². The first-order valence-corrected chi connectivity index (χ1v) is 10.6. The topological polar surface area (TPSA) is 273 Å². The molecule has 6 rings (SSSR count). The Morgan fingerprint density at radius 3 is 1.34 bits per heavy atom. The number of aromatic nitrogens is 10. The molecule has 6 heterocycles. The molecule has 2 amide bonds. The minimum atomic E-state index is -0.442. The van der Waals surface area contributed by atoms with Gasteiger partial charge in [0.2, 0.25) is 11.8 Å². The number of carbonyl (C=O) groups is 2. The van der Waals surface area contributed by atoms with Crippen LogP contribution in [0.15, 0.2) is 74.4 Å². The number of nitrogens with one attached hydrogen (secondary N) is 2. The molecule has 10 N–H and O–H groups in total. The number of pyridine rings is 2. The van der Waals surface area contributed by atoms with E-state index in [1.165, 1.54) is 37.7 Å². The fourth-order valence-corrected chi connectivity index (χ4v) is 2.58. The minimum Gasteiger partial charge on any atom is -0.382 e. The molecule has 0 saturated carbocycles. The maximum Gasteiger partial charge on any atom is 0.250 e. The van der Waals surface area contributed by atoms with Crippen molar-refractivity contribution in [3.8, 4) is 0 Å². The summed E-state index contributed by atoms with van der Waals surface area (Å²) in [6.45, 7) is 0. The van der Waals surface area contributed by atoms with E-state index in [1.54, 1.807) is 36.7 Å². The molecule has 16 nitrogen and oxygen atoms in total. The van der Waals surface area contributed by atoms with Gasteiger partial charge in [0, 0.05) is 24.8 Å². The fraction of sp³-hybridized carbons (Fsp3) is 0. The third kappa shape index (κ3) is 7.47. The molecule has 0 radical (unpaired) electrons. The van der Waals surface area contributed by atoms with Crippen molar-refractivity contribution in [2.24, 2.45) is 11.5 Å². The number of H-pyrrole nitrogens is 2. The first-order chi connectivity index (χ1) is 18.4. The van der Waals surface area contributed by atoms with Gasteiger partial charge in [-0.25, -0.2) is 29.9 Å². The van der Waals surface area contributed by atoms with Crippen molar-refractivity contribution < 1.29 is 9.59 Å². The van der Waals surface area contributed by atoms with Gasteiger partial charge in [0.1, 0.15) is 23.7 Å². The minimum absolute atomic E-state index is 0.433. The molecule has 0 bridgehead atoms. The molecule has 0 atom stereocenters. The average molecular weight is 515 g/mol. The van der Waals surface area contributed by atoms with E-state index in [0.29, 0.717) is 45.1 Å². The van der Waals surface area contributed by atoms with Crippen LogP contribution < -0.4 is 22.9 Å². The summed E-state index contributed by atoms with van der Waals surface area (Å²) >= 11 is 0. The number of nitrogens with two attached hydrogens (primary N) is 4. The molecule has 0 unspecified atom stereocenters. The van der Waals surface area contributed by atoms with Gasteiger partial charge in [0.15, 0.2) is 22.9 Å². The lowest BCUT2D eigenvalue weighted by Gasteiger charge is -1.89. The molecule has 0 aliphatic rings. The van der Waals surface area contributed by atoms with E-state index in [-0.39, 0.29) is 0 Å². The zero-order valence-electron chi connectivity index (χ0n) is 19.6. The van der Waals surface area contributed by atoms with Crippen LogP contribution in [-0.2, 0) is 0 Å².